The minimum atomic E-state index is -1.09. The van der Waals surface area contributed by atoms with Crippen molar-refractivity contribution in [2.45, 2.75) is 19.8 Å². The van der Waals surface area contributed by atoms with Crippen LogP contribution < -0.4 is 18.9 Å². The van der Waals surface area contributed by atoms with E-state index in [2.05, 4.69) is 6.07 Å². The van der Waals surface area contributed by atoms with Gasteiger partial charge in [-0.1, -0.05) is 31.0 Å². The summed E-state index contributed by atoms with van der Waals surface area (Å²) in [5.74, 6) is -2.70. The van der Waals surface area contributed by atoms with E-state index in [9.17, 15) is 13.2 Å². The van der Waals surface area contributed by atoms with Crippen LogP contribution in [0.1, 0.15) is 18.9 Å². The van der Waals surface area contributed by atoms with Gasteiger partial charge >= 0.3 is 18.9 Å². The molecule has 0 aliphatic carbocycles. The van der Waals surface area contributed by atoms with Crippen LogP contribution in [0.4, 0.5) is 13.2 Å². The number of aryl methyl sites for hydroxylation is 1. The van der Waals surface area contributed by atoms with Gasteiger partial charge in [0.25, 0.3) is 0 Å². The smallest absolute Gasteiger partial charge is 0.281 e. The van der Waals surface area contributed by atoms with Gasteiger partial charge in [-0.2, -0.15) is 12.1 Å². The standard InChI is InChI=1S/C15H12F3.Li/c1-2-4-10-7-8-11(14(17)9-10)12-5-3-6-13(16)15(12)18;/h3,5,7-9H,2,4H2,1H3;/q-1;+1. The minimum absolute atomic E-state index is 0. The predicted octanol–water partition coefficient (Wildman–Crippen LogP) is 1.53. The van der Waals surface area contributed by atoms with Gasteiger partial charge in [0.15, 0.2) is 0 Å². The fraction of sp³-hybridized carbons (Fsp3) is 0.200. The van der Waals surface area contributed by atoms with Gasteiger partial charge in [0, 0.05) is 5.82 Å². The SMILES string of the molecule is CCCc1ccc(-c2cc[c-]c(F)c2F)c(F)c1.[Li+]. The first-order valence-corrected chi connectivity index (χ1v) is 5.78. The molecule has 2 rings (SSSR count). The van der Waals surface area contributed by atoms with Crippen molar-refractivity contribution in [1.29, 1.82) is 0 Å². The largest absolute Gasteiger partial charge is 1.00 e. The third-order valence-electron chi connectivity index (χ3n) is 2.75. The molecule has 19 heavy (non-hydrogen) atoms. The van der Waals surface area contributed by atoms with E-state index in [0.29, 0.717) is 0 Å². The molecule has 0 aliphatic rings. The Morgan fingerprint density at radius 3 is 2.42 bits per heavy atom. The van der Waals surface area contributed by atoms with Crippen molar-refractivity contribution in [2.75, 3.05) is 0 Å². The van der Waals surface area contributed by atoms with Gasteiger partial charge in [-0.05, 0) is 23.6 Å². The van der Waals surface area contributed by atoms with Crippen LogP contribution in [0.25, 0.3) is 11.1 Å². The Hall–Kier alpha value is -1.17. The fourth-order valence-electron chi connectivity index (χ4n) is 1.88. The molecular weight excluding hydrogens is 244 g/mol. The molecule has 94 valence electrons. The van der Waals surface area contributed by atoms with Crippen LogP contribution in [0.15, 0.2) is 30.3 Å². The third kappa shape index (κ3) is 3.43. The van der Waals surface area contributed by atoms with Crippen molar-refractivity contribution in [2.24, 2.45) is 0 Å². The first kappa shape index (κ1) is 15.9. The molecule has 2 aromatic rings. The Morgan fingerprint density at radius 2 is 1.79 bits per heavy atom. The van der Waals surface area contributed by atoms with Crippen LogP contribution in [0, 0.1) is 23.5 Å². The van der Waals surface area contributed by atoms with Crippen LogP contribution in [0.3, 0.4) is 0 Å². The van der Waals surface area contributed by atoms with E-state index >= 15 is 0 Å². The average molecular weight is 256 g/mol. The molecule has 0 saturated heterocycles. The Kier molecular flexibility index (Phi) is 5.72. The van der Waals surface area contributed by atoms with Crippen LogP contribution >= 0.6 is 0 Å². The summed E-state index contributed by atoms with van der Waals surface area (Å²) in [6, 6.07) is 9.24. The summed E-state index contributed by atoms with van der Waals surface area (Å²) in [7, 11) is 0. The van der Waals surface area contributed by atoms with Crippen molar-refractivity contribution < 1.29 is 32.0 Å². The normalized spacial score (nSPS) is 10.1. The van der Waals surface area contributed by atoms with E-state index in [1.54, 1.807) is 6.07 Å². The zero-order valence-electron chi connectivity index (χ0n) is 10.9. The Morgan fingerprint density at radius 1 is 1.05 bits per heavy atom. The number of hydrogen-bond donors (Lipinski definition) is 0. The van der Waals surface area contributed by atoms with Gasteiger partial charge in [-0.3, -0.25) is 4.39 Å². The van der Waals surface area contributed by atoms with Gasteiger partial charge < -0.3 is 0 Å². The monoisotopic (exact) mass is 256 g/mol. The summed E-state index contributed by atoms with van der Waals surface area (Å²) in [5.41, 5.74) is 0.842. The molecule has 0 heterocycles. The predicted molar refractivity (Wildman–Crippen MR) is 64.6 cm³/mol. The molecule has 0 N–H and O–H groups in total. The Balaban J connectivity index is 0.00000180. The van der Waals surface area contributed by atoms with Crippen LogP contribution in [0.2, 0.25) is 0 Å². The zero-order valence-corrected chi connectivity index (χ0v) is 10.9. The summed E-state index contributed by atoms with van der Waals surface area (Å²) in [6.45, 7) is 1.99. The number of halogens is 3. The third-order valence-corrected chi connectivity index (χ3v) is 2.75. The average Bonchev–Trinajstić information content (AvgIpc) is 2.34. The molecule has 0 spiro atoms. The molecule has 0 bridgehead atoms. The van der Waals surface area contributed by atoms with Gasteiger partial charge in [0.2, 0.25) is 0 Å². The molecule has 0 amide bonds. The summed E-state index contributed by atoms with van der Waals surface area (Å²) in [4.78, 5) is 0. The van der Waals surface area contributed by atoms with Gasteiger partial charge in [0.1, 0.15) is 5.82 Å². The maximum absolute atomic E-state index is 13.9. The topological polar surface area (TPSA) is 0 Å². The number of benzene rings is 2. The first-order valence-electron chi connectivity index (χ1n) is 5.78. The maximum Gasteiger partial charge on any atom is 1.00 e. The van der Waals surface area contributed by atoms with Gasteiger partial charge in [-0.15, -0.1) is 6.07 Å². The van der Waals surface area contributed by atoms with E-state index in [-0.39, 0.29) is 30.0 Å². The molecule has 0 aliphatic heterocycles. The second-order valence-corrected chi connectivity index (χ2v) is 4.08. The summed E-state index contributed by atoms with van der Waals surface area (Å²) < 4.78 is 40.5. The summed E-state index contributed by atoms with van der Waals surface area (Å²) in [5, 5.41) is 0. The molecule has 0 atom stereocenters. The van der Waals surface area contributed by atoms with Crippen LogP contribution in [-0.4, -0.2) is 0 Å². The second-order valence-electron chi connectivity index (χ2n) is 4.08. The Labute approximate surface area is 122 Å². The van der Waals surface area contributed by atoms with Crippen molar-refractivity contribution in [3.05, 3.63) is 59.4 Å². The van der Waals surface area contributed by atoms with E-state index in [0.717, 1.165) is 18.4 Å². The number of rotatable bonds is 3. The molecule has 0 radical (unpaired) electrons. The zero-order chi connectivity index (χ0) is 13.1. The van der Waals surface area contributed by atoms with Crippen molar-refractivity contribution >= 4 is 0 Å². The maximum atomic E-state index is 13.9. The first-order chi connectivity index (χ1) is 8.63. The van der Waals surface area contributed by atoms with Crippen molar-refractivity contribution in [3.63, 3.8) is 0 Å². The minimum Gasteiger partial charge on any atom is -0.281 e. The molecule has 0 fully saturated rings. The van der Waals surface area contributed by atoms with E-state index in [1.165, 1.54) is 24.3 Å². The van der Waals surface area contributed by atoms with E-state index in [4.69, 9.17) is 0 Å². The molecule has 0 aromatic heterocycles. The van der Waals surface area contributed by atoms with Crippen molar-refractivity contribution in [3.8, 4) is 11.1 Å². The molecule has 0 saturated carbocycles. The van der Waals surface area contributed by atoms with Crippen LogP contribution in [0.5, 0.6) is 0 Å². The summed E-state index contributed by atoms with van der Waals surface area (Å²) in [6.07, 6.45) is 1.67. The van der Waals surface area contributed by atoms with Gasteiger partial charge in [-0.25, -0.2) is 8.78 Å². The molecule has 4 heteroatoms. The van der Waals surface area contributed by atoms with E-state index < -0.39 is 17.5 Å². The molecule has 2 aromatic carbocycles. The van der Waals surface area contributed by atoms with Gasteiger partial charge in [0.05, 0.1) is 5.82 Å². The van der Waals surface area contributed by atoms with Crippen LogP contribution in [-0.2, 0) is 6.42 Å². The Bertz CT molecular complexity index is 567. The second kappa shape index (κ2) is 6.84. The molecular formula is C15H12F3Li. The number of hydrogen-bond acceptors (Lipinski definition) is 0. The fourth-order valence-corrected chi connectivity index (χ4v) is 1.88. The van der Waals surface area contributed by atoms with E-state index in [1.807, 2.05) is 6.92 Å². The molecule has 0 unspecified atom stereocenters. The van der Waals surface area contributed by atoms with Crippen molar-refractivity contribution in [1.82, 2.24) is 0 Å². The summed E-state index contributed by atoms with van der Waals surface area (Å²) >= 11 is 0. The molecule has 0 nitrogen and oxygen atoms in total. The quantitative estimate of drug-likeness (QED) is 0.577.